The molecule has 0 atom stereocenters. The molecule has 0 saturated heterocycles. The molecule has 0 aliphatic carbocycles. The van der Waals surface area contributed by atoms with Crippen molar-refractivity contribution >= 4 is 49.2 Å². The van der Waals surface area contributed by atoms with Crippen LogP contribution in [0.15, 0.2) is 67.4 Å². The number of aromatic nitrogens is 3. The average Bonchev–Trinajstić information content (AvgIpc) is 2.95. The summed E-state index contributed by atoms with van der Waals surface area (Å²) in [4.78, 5) is 40.3. The van der Waals surface area contributed by atoms with E-state index in [-0.39, 0.29) is 46.3 Å². The van der Waals surface area contributed by atoms with Crippen molar-refractivity contribution in [2.24, 2.45) is 0 Å². The van der Waals surface area contributed by atoms with Gasteiger partial charge in [0.25, 0.3) is 0 Å². The summed E-state index contributed by atoms with van der Waals surface area (Å²) in [6.07, 6.45) is 21.8. The molecule has 3 heterocycles. The normalized spacial score (nSPS) is 11.5. The Morgan fingerprint density at radius 3 is 1.27 bits per heavy atom. The van der Waals surface area contributed by atoms with Gasteiger partial charge >= 0.3 is 15.2 Å². The SMILES string of the molecule is Br.Br.O=P(O)(O)CCCCCCCC[n+]1ccc(-c2ccc(-c3cc[n+](CCCCCCCCP(=O)(O)O)cc3)nc2)cc1. The van der Waals surface area contributed by atoms with Crippen LogP contribution >= 0.6 is 49.2 Å². The van der Waals surface area contributed by atoms with Gasteiger partial charge in [-0.15, -0.1) is 34.0 Å². The van der Waals surface area contributed by atoms with E-state index in [1.807, 2.05) is 6.20 Å². The molecule has 13 heteroatoms. The molecule has 0 aliphatic heterocycles. The number of hydrogen-bond acceptors (Lipinski definition) is 3. The lowest BCUT2D eigenvalue weighted by molar-refractivity contribution is -0.697. The maximum absolute atomic E-state index is 10.9. The second-order valence-electron chi connectivity index (χ2n) is 11.1. The summed E-state index contributed by atoms with van der Waals surface area (Å²) in [5.74, 6) is 0. The molecule has 4 N–H and O–H groups in total. The van der Waals surface area contributed by atoms with Crippen molar-refractivity contribution in [2.75, 3.05) is 12.3 Å². The first-order valence-corrected chi connectivity index (χ1v) is 18.7. The standard InChI is InChI=1S/C31H45N3O6P2.2BrH/c35-41(36,37)25-11-7-3-1-5-9-19-33-21-15-28(16-22-33)30-13-14-31(32-27-30)29-17-23-34(24-18-29)20-10-6-2-4-8-12-26-42(38,39)40;;/h13-18,21-24,27H,1-12,19-20,25-26H2,(H2-2,35,36,37,38,39,40);2*1H/p+2. The lowest BCUT2D eigenvalue weighted by atomic mass is 10.1. The Morgan fingerprint density at radius 1 is 0.500 bits per heavy atom. The minimum atomic E-state index is -3.84. The van der Waals surface area contributed by atoms with Gasteiger partial charge in [0.05, 0.1) is 5.69 Å². The third kappa shape index (κ3) is 17.4. The summed E-state index contributed by atoms with van der Waals surface area (Å²) < 4.78 is 26.1. The van der Waals surface area contributed by atoms with E-state index in [2.05, 4.69) is 70.3 Å². The molecule has 0 radical (unpaired) electrons. The van der Waals surface area contributed by atoms with Gasteiger partial charge in [0, 0.05) is 66.8 Å². The van der Waals surface area contributed by atoms with Crippen molar-refractivity contribution in [3.8, 4) is 22.4 Å². The molecule has 44 heavy (non-hydrogen) atoms. The summed E-state index contributed by atoms with van der Waals surface area (Å²) in [5, 5.41) is 0. The monoisotopic (exact) mass is 779 g/mol. The van der Waals surface area contributed by atoms with Crippen LogP contribution in [0.25, 0.3) is 22.4 Å². The van der Waals surface area contributed by atoms with E-state index < -0.39 is 15.2 Å². The van der Waals surface area contributed by atoms with Gasteiger partial charge in [-0.05, 0) is 37.3 Å². The fraction of sp³-hybridized carbons (Fsp3) is 0.516. The van der Waals surface area contributed by atoms with Gasteiger partial charge in [0.15, 0.2) is 24.8 Å². The van der Waals surface area contributed by atoms with Gasteiger partial charge in [-0.25, -0.2) is 9.13 Å². The van der Waals surface area contributed by atoms with Gasteiger partial charge in [-0.3, -0.25) is 14.1 Å². The number of rotatable bonds is 20. The van der Waals surface area contributed by atoms with Crippen LogP contribution in [0.1, 0.15) is 77.0 Å². The number of halogens is 2. The lowest BCUT2D eigenvalue weighted by Gasteiger charge is -2.05. The first-order chi connectivity index (χ1) is 20.1. The summed E-state index contributed by atoms with van der Waals surface area (Å²) in [5.41, 5.74) is 4.22. The Morgan fingerprint density at radius 2 is 0.886 bits per heavy atom. The summed E-state index contributed by atoms with van der Waals surface area (Å²) in [6, 6.07) is 12.6. The van der Waals surface area contributed by atoms with Crippen molar-refractivity contribution < 1.29 is 37.8 Å². The highest BCUT2D eigenvalue weighted by Crippen LogP contribution is 2.36. The molecular formula is C31H49Br2N3O6P2+2. The first kappa shape index (κ1) is 40.7. The van der Waals surface area contributed by atoms with Crippen LogP contribution < -0.4 is 9.13 Å². The third-order valence-electron chi connectivity index (χ3n) is 7.41. The van der Waals surface area contributed by atoms with Crippen LogP contribution in [-0.2, 0) is 22.2 Å². The third-order valence-corrected chi connectivity index (χ3v) is 9.20. The topological polar surface area (TPSA) is 136 Å². The molecule has 0 unspecified atom stereocenters. The smallest absolute Gasteiger partial charge is 0.324 e. The fourth-order valence-electron chi connectivity index (χ4n) is 4.95. The summed E-state index contributed by atoms with van der Waals surface area (Å²) >= 11 is 0. The van der Waals surface area contributed by atoms with Gasteiger partial charge in [0.1, 0.15) is 13.1 Å². The van der Waals surface area contributed by atoms with E-state index in [1.54, 1.807) is 0 Å². The number of nitrogens with zero attached hydrogens (tertiary/aromatic N) is 3. The quantitative estimate of drug-likeness (QED) is 0.0542. The first-order valence-electron chi connectivity index (χ1n) is 15.1. The minimum absolute atomic E-state index is 0. The molecule has 0 amide bonds. The lowest BCUT2D eigenvalue weighted by Crippen LogP contribution is -2.32. The molecule has 246 valence electrons. The highest BCUT2D eigenvalue weighted by molar-refractivity contribution is 8.93. The maximum Gasteiger partial charge on any atom is 0.325 e. The Kier molecular flexibility index (Phi) is 19.9. The zero-order chi connectivity index (χ0) is 30.3. The van der Waals surface area contributed by atoms with Crippen LogP contribution in [0.2, 0.25) is 0 Å². The molecule has 0 saturated carbocycles. The molecular weight excluding hydrogens is 732 g/mol. The zero-order valence-electron chi connectivity index (χ0n) is 25.3. The average molecular weight is 782 g/mol. The summed E-state index contributed by atoms with van der Waals surface area (Å²) in [6.45, 7) is 1.90. The maximum atomic E-state index is 10.9. The fourth-order valence-corrected chi connectivity index (χ4v) is 6.22. The van der Waals surface area contributed by atoms with E-state index in [0.717, 1.165) is 99.7 Å². The minimum Gasteiger partial charge on any atom is -0.324 e. The number of hydrogen-bond donors (Lipinski definition) is 4. The molecule has 3 aromatic heterocycles. The largest absolute Gasteiger partial charge is 0.325 e. The van der Waals surface area contributed by atoms with Crippen LogP contribution in [0.3, 0.4) is 0 Å². The molecule has 0 fully saturated rings. The number of unbranched alkanes of at least 4 members (excludes halogenated alkanes) is 10. The second kappa shape index (κ2) is 21.5. The molecule has 9 nitrogen and oxygen atoms in total. The van der Waals surface area contributed by atoms with Crippen LogP contribution in [0.5, 0.6) is 0 Å². The number of pyridine rings is 3. The zero-order valence-corrected chi connectivity index (χ0v) is 30.5. The van der Waals surface area contributed by atoms with Crippen LogP contribution in [-0.4, -0.2) is 36.9 Å². The van der Waals surface area contributed by atoms with Gasteiger partial charge < -0.3 is 19.6 Å². The van der Waals surface area contributed by atoms with Crippen molar-refractivity contribution in [2.45, 2.75) is 90.1 Å². The van der Waals surface area contributed by atoms with Crippen molar-refractivity contribution in [1.29, 1.82) is 0 Å². The van der Waals surface area contributed by atoms with E-state index in [0.29, 0.717) is 12.8 Å². The van der Waals surface area contributed by atoms with E-state index >= 15 is 0 Å². The molecule has 3 rings (SSSR count). The number of aryl methyl sites for hydroxylation is 2. The predicted octanol–water partition coefficient (Wildman–Crippen LogP) is 7.18. The molecule has 0 aromatic carbocycles. The van der Waals surface area contributed by atoms with Gasteiger partial charge in [0.2, 0.25) is 0 Å². The van der Waals surface area contributed by atoms with Crippen molar-refractivity contribution in [3.05, 3.63) is 67.4 Å². The Balaban J connectivity index is 0.00000484. The van der Waals surface area contributed by atoms with Crippen molar-refractivity contribution in [1.82, 2.24) is 4.98 Å². The highest BCUT2D eigenvalue weighted by atomic mass is 79.9. The highest BCUT2D eigenvalue weighted by Gasteiger charge is 2.12. The Labute approximate surface area is 283 Å². The van der Waals surface area contributed by atoms with Crippen LogP contribution in [0.4, 0.5) is 0 Å². The van der Waals surface area contributed by atoms with Gasteiger partial charge in [-0.1, -0.05) is 44.6 Å². The summed E-state index contributed by atoms with van der Waals surface area (Å²) in [7, 11) is -7.69. The van der Waals surface area contributed by atoms with E-state index in [1.165, 1.54) is 0 Å². The molecule has 0 spiro atoms. The predicted molar refractivity (Wildman–Crippen MR) is 185 cm³/mol. The molecule has 0 bridgehead atoms. The molecule has 3 aromatic rings. The Bertz CT molecular complexity index is 1190. The van der Waals surface area contributed by atoms with Crippen molar-refractivity contribution in [3.63, 3.8) is 0 Å². The molecule has 0 aliphatic rings. The van der Waals surface area contributed by atoms with Crippen LogP contribution in [0, 0.1) is 0 Å². The Hall–Kier alpha value is -1.29. The van der Waals surface area contributed by atoms with Gasteiger partial charge in [-0.2, -0.15) is 0 Å². The van der Waals surface area contributed by atoms with E-state index in [4.69, 9.17) is 24.6 Å². The van der Waals surface area contributed by atoms with E-state index in [9.17, 15) is 9.13 Å². The second-order valence-corrected chi connectivity index (χ2v) is 14.7.